The second kappa shape index (κ2) is 8.00. The van der Waals surface area contributed by atoms with E-state index in [2.05, 4.69) is 9.97 Å². The summed E-state index contributed by atoms with van der Waals surface area (Å²) in [7, 11) is 1.42. The lowest BCUT2D eigenvalue weighted by atomic mass is 10.1. The zero-order valence-electron chi connectivity index (χ0n) is 16.0. The molecule has 0 spiro atoms. The van der Waals surface area contributed by atoms with E-state index in [9.17, 15) is 9.18 Å². The number of nitrogens with zero attached hydrogens (tertiary/aromatic N) is 4. The van der Waals surface area contributed by atoms with Crippen LogP contribution in [0.5, 0.6) is 5.75 Å². The molecule has 148 valence electrons. The molecule has 3 heterocycles. The average Bonchev–Trinajstić information content (AvgIpc) is 3.33. The van der Waals surface area contributed by atoms with E-state index >= 15 is 0 Å². The van der Waals surface area contributed by atoms with Crippen LogP contribution in [0.1, 0.15) is 23.0 Å². The van der Waals surface area contributed by atoms with Crippen LogP contribution < -0.4 is 4.74 Å². The Balaban J connectivity index is 1.64. The van der Waals surface area contributed by atoms with Crippen molar-refractivity contribution in [2.24, 2.45) is 0 Å². The van der Waals surface area contributed by atoms with E-state index in [1.165, 1.54) is 24.5 Å². The van der Waals surface area contributed by atoms with Crippen LogP contribution in [0.4, 0.5) is 4.39 Å². The molecule has 1 aromatic carbocycles. The number of thiazole rings is 1. The maximum Gasteiger partial charge on any atom is 0.272 e. The molecule has 4 rings (SSSR count). The molecule has 0 aliphatic rings. The van der Waals surface area contributed by atoms with Crippen LogP contribution in [0, 0.1) is 5.82 Å². The highest BCUT2D eigenvalue weighted by molar-refractivity contribution is 7.15. The smallest absolute Gasteiger partial charge is 0.272 e. The lowest BCUT2D eigenvalue weighted by molar-refractivity contribution is 0.0746. The number of hydrogen-bond acceptors (Lipinski definition) is 5. The highest BCUT2D eigenvalue weighted by atomic mass is 32.1. The van der Waals surface area contributed by atoms with Gasteiger partial charge in [0.2, 0.25) is 0 Å². The topological polar surface area (TPSA) is 59.7 Å². The molecule has 0 atom stereocenters. The standard InChI is InChI=1S/C21H19FN4O2S/c1-3-25(11-14-6-8-23-9-7-14)20(27)18-13-29-21-24-17(12-26(18)21)15-4-5-19(28-2)16(22)10-15/h4-10,12-13H,3,11H2,1-2H3. The number of methoxy groups -OCH3 is 1. The molecule has 29 heavy (non-hydrogen) atoms. The van der Waals surface area contributed by atoms with E-state index in [0.717, 1.165) is 5.56 Å². The number of aromatic nitrogens is 3. The van der Waals surface area contributed by atoms with Crippen LogP contribution >= 0.6 is 11.3 Å². The van der Waals surface area contributed by atoms with Gasteiger partial charge >= 0.3 is 0 Å². The van der Waals surface area contributed by atoms with Gasteiger partial charge in [0, 0.05) is 42.6 Å². The van der Waals surface area contributed by atoms with E-state index in [0.29, 0.717) is 35.0 Å². The maximum atomic E-state index is 14.1. The Hall–Kier alpha value is -3.26. The Morgan fingerprint density at radius 2 is 2.07 bits per heavy atom. The molecule has 0 N–H and O–H groups in total. The fraction of sp³-hybridized carbons (Fsp3) is 0.190. The van der Waals surface area contributed by atoms with Crippen LogP contribution in [0.25, 0.3) is 16.2 Å². The van der Waals surface area contributed by atoms with Gasteiger partial charge in [-0.05, 0) is 42.8 Å². The summed E-state index contributed by atoms with van der Waals surface area (Å²) in [5.74, 6) is -0.354. The summed E-state index contributed by atoms with van der Waals surface area (Å²) < 4.78 is 20.8. The van der Waals surface area contributed by atoms with Crippen molar-refractivity contribution < 1.29 is 13.9 Å². The van der Waals surface area contributed by atoms with Crippen molar-refractivity contribution in [3.63, 3.8) is 0 Å². The summed E-state index contributed by atoms with van der Waals surface area (Å²) in [5, 5.41) is 1.80. The van der Waals surface area contributed by atoms with Crippen LogP contribution in [-0.2, 0) is 6.54 Å². The average molecular weight is 410 g/mol. The van der Waals surface area contributed by atoms with Crippen molar-refractivity contribution in [2.75, 3.05) is 13.7 Å². The number of rotatable bonds is 6. The maximum absolute atomic E-state index is 14.1. The molecule has 1 amide bonds. The Morgan fingerprint density at radius 3 is 2.76 bits per heavy atom. The first-order valence-corrected chi connectivity index (χ1v) is 9.97. The molecule has 3 aromatic heterocycles. The summed E-state index contributed by atoms with van der Waals surface area (Å²) in [6, 6.07) is 8.49. The molecule has 0 aliphatic carbocycles. The van der Waals surface area contributed by atoms with Gasteiger partial charge in [-0.1, -0.05) is 0 Å². The summed E-state index contributed by atoms with van der Waals surface area (Å²) >= 11 is 1.38. The minimum absolute atomic E-state index is 0.0829. The molecule has 0 unspecified atom stereocenters. The van der Waals surface area contributed by atoms with Gasteiger partial charge in [0.15, 0.2) is 16.5 Å². The molecule has 0 saturated heterocycles. The number of halogens is 1. The SMILES string of the molecule is CCN(Cc1ccncc1)C(=O)c1csc2nc(-c3ccc(OC)c(F)c3)cn12. The Bertz CT molecular complexity index is 1160. The van der Waals surface area contributed by atoms with Crippen LogP contribution in [0.3, 0.4) is 0 Å². The monoisotopic (exact) mass is 410 g/mol. The van der Waals surface area contributed by atoms with Gasteiger partial charge < -0.3 is 9.64 Å². The predicted octanol–water partition coefficient (Wildman–Crippen LogP) is 4.27. The molecule has 6 nitrogen and oxygen atoms in total. The number of amides is 1. The molecule has 0 aliphatic heterocycles. The second-order valence-electron chi connectivity index (χ2n) is 6.42. The normalized spacial score (nSPS) is 11.0. The van der Waals surface area contributed by atoms with Crippen molar-refractivity contribution in [1.29, 1.82) is 0 Å². The fourth-order valence-corrected chi connectivity index (χ4v) is 3.95. The Morgan fingerprint density at radius 1 is 1.28 bits per heavy atom. The van der Waals surface area contributed by atoms with Crippen molar-refractivity contribution in [3.8, 4) is 17.0 Å². The molecular formula is C21H19FN4O2S. The van der Waals surface area contributed by atoms with Gasteiger partial charge in [-0.25, -0.2) is 9.37 Å². The summed E-state index contributed by atoms with van der Waals surface area (Å²) in [4.78, 5) is 24.1. The molecule has 4 aromatic rings. The molecule has 0 saturated carbocycles. The molecule has 8 heteroatoms. The minimum Gasteiger partial charge on any atom is -0.494 e. The van der Waals surface area contributed by atoms with E-state index < -0.39 is 5.82 Å². The van der Waals surface area contributed by atoms with Crippen LogP contribution in [0.15, 0.2) is 54.3 Å². The quantitative estimate of drug-likeness (QED) is 0.476. The Kier molecular flexibility index (Phi) is 5.26. The molecular weight excluding hydrogens is 391 g/mol. The van der Waals surface area contributed by atoms with Gasteiger partial charge in [-0.15, -0.1) is 11.3 Å². The van der Waals surface area contributed by atoms with Gasteiger partial charge in [0.05, 0.1) is 12.8 Å². The third kappa shape index (κ3) is 3.71. The third-order valence-electron chi connectivity index (χ3n) is 4.67. The first-order chi connectivity index (χ1) is 14.1. The lowest BCUT2D eigenvalue weighted by Gasteiger charge is -2.20. The summed E-state index contributed by atoms with van der Waals surface area (Å²) in [5.41, 5.74) is 2.78. The van der Waals surface area contributed by atoms with Gasteiger partial charge in [0.25, 0.3) is 5.91 Å². The minimum atomic E-state index is -0.452. The first-order valence-electron chi connectivity index (χ1n) is 9.09. The Labute approximate surface area is 171 Å². The molecule has 0 radical (unpaired) electrons. The zero-order valence-corrected chi connectivity index (χ0v) is 16.8. The summed E-state index contributed by atoms with van der Waals surface area (Å²) in [6.45, 7) is 3.02. The van der Waals surface area contributed by atoms with Crippen LogP contribution in [0.2, 0.25) is 0 Å². The van der Waals surface area contributed by atoms with E-state index in [1.54, 1.807) is 45.4 Å². The third-order valence-corrected chi connectivity index (χ3v) is 5.51. The number of ether oxygens (including phenoxy) is 1. The number of hydrogen-bond donors (Lipinski definition) is 0. The number of pyridine rings is 1. The number of fused-ring (bicyclic) bond motifs is 1. The van der Waals surface area contributed by atoms with E-state index in [4.69, 9.17) is 4.74 Å². The van der Waals surface area contributed by atoms with Gasteiger partial charge in [-0.3, -0.25) is 14.2 Å². The lowest BCUT2D eigenvalue weighted by Crippen LogP contribution is -2.31. The van der Waals surface area contributed by atoms with E-state index in [1.807, 2.05) is 19.1 Å². The number of imidazole rings is 1. The van der Waals surface area contributed by atoms with Crippen molar-refractivity contribution in [3.05, 3.63) is 71.4 Å². The van der Waals surface area contributed by atoms with Gasteiger partial charge in [-0.2, -0.15) is 0 Å². The van der Waals surface area contributed by atoms with Crippen molar-refractivity contribution in [1.82, 2.24) is 19.3 Å². The van der Waals surface area contributed by atoms with Gasteiger partial charge in [0.1, 0.15) is 5.69 Å². The van der Waals surface area contributed by atoms with Crippen LogP contribution in [-0.4, -0.2) is 38.8 Å². The highest BCUT2D eigenvalue weighted by Gasteiger charge is 2.20. The largest absolute Gasteiger partial charge is 0.494 e. The van der Waals surface area contributed by atoms with Crippen molar-refractivity contribution in [2.45, 2.75) is 13.5 Å². The predicted molar refractivity (Wildman–Crippen MR) is 110 cm³/mol. The second-order valence-corrected chi connectivity index (χ2v) is 7.26. The number of carbonyl (C=O) groups excluding carboxylic acids is 1. The number of carbonyl (C=O) groups is 1. The first kappa shape index (κ1) is 19.1. The van der Waals surface area contributed by atoms with Crippen molar-refractivity contribution >= 4 is 22.2 Å². The zero-order chi connectivity index (χ0) is 20.4. The van der Waals surface area contributed by atoms with E-state index in [-0.39, 0.29) is 11.7 Å². The molecule has 0 bridgehead atoms. The highest BCUT2D eigenvalue weighted by Crippen LogP contribution is 2.28. The molecule has 0 fully saturated rings. The fourth-order valence-electron chi connectivity index (χ4n) is 3.10. The number of benzene rings is 1. The summed E-state index contributed by atoms with van der Waals surface area (Å²) in [6.07, 6.45) is 5.19.